The third-order valence-electron chi connectivity index (χ3n) is 2.16. The molecule has 0 aliphatic carbocycles. The summed E-state index contributed by atoms with van der Waals surface area (Å²) in [6, 6.07) is 4.36. The summed E-state index contributed by atoms with van der Waals surface area (Å²) in [5.74, 6) is 0.886. The molecule has 0 spiro atoms. The van der Waals surface area contributed by atoms with Gasteiger partial charge in [0.15, 0.2) is 0 Å². The Morgan fingerprint density at radius 2 is 2.36 bits per heavy atom. The van der Waals surface area contributed by atoms with Gasteiger partial charge in [-0.05, 0) is 30.2 Å². The van der Waals surface area contributed by atoms with Gasteiger partial charge in [-0.2, -0.15) is 0 Å². The summed E-state index contributed by atoms with van der Waals surface area (Å²) in [5, 5.41) is 2.16. The van der Waals surface area contributed by atoms with E-state index in [1.54, 1.807) is 0 Å². The molecule has 0 bridgehead atoms. The van der Waals surface area contributed by atoms with E-state index in [2.05, 4.69) is 31.4 Å². The molecule has 1 atom stereocenters. The summed E-state index contributed by atoms with van der Waals surface area (Å²) in [5.41, 5.74) is 0. The average Bonchev–Trinajstić information content (AvgIpc) is 2.52. The first kappa shape index (κ1) is 8.79. The molecule has 1 heterocycles. The van der Waals surface area contributed by atoms with Gasteiger partial charge >= 0.3 is 0 Å². The SMILES string of the molecule is CCC(C)CCc1cccs1. The fraction of sp³-hybridized carbons (Fsp3) is 0.600. The lowest BCUT2D eigenvalue weighted by atomic mass is 10.0. The topological polar surface area (TPSA) is 0 Å². The summed E-state index contributed by atoms with van der Waals surface area (Å²) in [6.45, 7) is 4.59. The third kappa shape index (κ3) is 3.06. The summed E-state index contributed by atoms with van der Waals surface area (Å²) < 4.78 is 0. The molecule has 0 radical (unpaired) electrons. The van der Waals surface area contributed by atoms with Crippen LogP contribution in [0.3, 0.4) is 0 Å². The molecule has 0 amide bonds. The number of hydrogen-bond acceptors (Lipinski definition) is 1. The van der Waals surface area contributed by atoms with E-state index in [1.807, 2.05) is 11.3 Å². The van der Waals surface area contributed by atoms with Crippen LogP contribution in [0.2, 0.25) is 0 Å². The molecule has 62 valence electrons. The first-order chi connectivity index (χ1) is 5.33. The lowest BCUT2D eigenvalue weighted by Gasteiger charge is -2.05. The zero-order valence-electron chi connectivity index (χ0n) is 7.34. The lowest BCUT2D eigenvalue weighted by molar-refractivity contribution is 0.518. The average molecular weight is 168 g/mol. The molecule has 0 fully saturated rings. The largest absolute Gasteiger partial charge is 0.149 e. The van der Waals surface area contributed by atoms with Crippen molar-refractivity contribution in [1.82, 2.24) is 0 Å². The van der Waals surface area contributed by atoms with Crippen molar-refractivity contribution in [3.63, 3.8) is 0 Å². The van der Waals surface area contributed by atoms with Crippen molar-refractivity contribution >= 4 is 11.3 Å². The monoisotopic (exact) mass is 168 g/mol. The molecule has 0 nitrogen and oxygen atoms in total. The van der Waals surface area contributed by atoms with Crippen LogP contribution in [0.15, 0.2) is 17.5 Å². The van der Waals surface area contributed by atoms with Crippen molar-refractivity contribution in [1.29, 1.82) is 0 Å². The van der Waals surface area contributed by atoms with Gasteiger partial charge in [-0.25, -0.2) is 0 Å². The van der Waals surface area contributed by atoms with Gasteiger partial charge in [0, 0.05) is 4.88 Å². The van der Waals surface area contributed by atoms with Crippen LogP contribution in [0.1, 0.15) is 31.6 Å². The van der Waals surface area contributed by atoms with Gasteiger partial charge in [0.1, 0.15) is 0 Å². The highest BCUT2D eigenvalue weighted by molar-refractivity contribution is 7.09. The van der Waals surface area contributed by atoms with E-state index in [4.69, 9.17) is 0 Å². The van der Waals surface area contributed by atoms with Crippen LogP contribution in [-0.4, -0.2) is 0 Å². The summed E-state index contributed by atoms with van der Waals surface area (Å²) in [6.07, 6.45) is 3.93. The van der Waals surface area contributed by atoms with Crippen LogP contribution in [0.4, 0.5) is 0 Å². The Kier molecular flexibility index (Phi) is 3.64. The molecule has 1 unspecified atom stereocenters. The van der Waals surface area contributed by atoms with E-state index in [0.29, 0.717) is 0 Å². The Hall–Kier alpha value is -0.300. The maximum Gasteiger partial charge on any atom is 0.00453 e. The highest BCUT2D eigenvalue weighted by atomic mass is 32.1. The molecule has 0 aliphatic heterocycles. The van der Waals surface area contributed by atoms with Gasteiger partial charge in [0.2, 0.25) is 0 Å². The van der Waals surface area contributed by atoms with Crippen LogP contribution in [-0.2, 0) is 6.42 Å². The Balaban J connectivity index is 2.23. The molecule has 1 aromatic rings. The molecule has 0 aliphatic rings. The number of rotatable bonds is 4. The van der Waals surface area contributed by atoms with E-state index in [0.717, 1.165) is 5.92 Å². The predicted molar refractivity (Wildman–Crippen MR) is 52.1 cm³/mol. The van der Waals surface area contributed by atoms with Gasteiger partial charge in [0.25, 0.3) is 0 Å². The molecule has 1 heteroatoms. The zero-order chi connectivity index (χ0) is 8.10. The first-order valence-corrected chi connectivity index (χ1v) is 5.23. The van der Waals surface area contributed by atoms with Crippen LogP contribution in [0.25, 0.3) is 0 Å². The second kappa shape index (κ2) is 4.55. The molecule has 11 heavy (non-hydrogen) atoms. The van der Waals surface area contributed by atoms with Crippen molar-refractivity contribution < 1.29 is 0 Å². The van der Waals surface area contributed by atoms with Crippen molar-refractivity contribution in [3.8, 4) is 0 Å². The van der Waals surface area contributed by atoms with Gasteiger partial charge < -0.3 is 0 Å². The predicted octanol–water partition coefficient (Wildman–Crippen LogP) is 3.73. The van der Waals surface area contributed by atoms with Crippen molar-refractivity contribution in [2.75, 3.05) is 0 Å². The minimum absolute atomic E-state index is 0.886. The van der Waals surface area contributed by atoms with E-state index in [1.165, 1.54) is 24.1 Å². The number of aryl methyl sites for hydroxylation is 1. The fourth-order valence-electron chi connectivity index (χ4n) is 1.05. The van der Waals surface area contributed by atoms with E-state index >= 15 is 0 Å². The quantitative estimate of drug-likeness (QED) is 0.642. The van der Waals surface area contributed by atoms with E-state index in [-0.39, 0.29) is 0 Å². The van der Waals surface area contributed by atoms with Crippen molar-refractivity contribution in [2.45, 2.75) is 33.1 Å². The molecule has 0 N–H and O–H groups in total. The molecule has 0 saturated heterocycles. The smallest absolute Gasteiger partial charge is 0.00453 e. The molecular weight excluding hydrogens is 152 g/mol. The highest BCUT2D eigenvalue weighted by Gasteiger charge is 1.99. The van der Waals surface area contributed by atoms with Crippen LogP contribution < -0.4 is 0 Å². The summed E-state index contributed by atoms with van der Waals surface area (Å²) in [7, 11) is 0. The van der Waals surface area contributed by atoms with E-state index in [9.17, 15) is 0 Å². The van der Waals surface area contributed by atoms with Crippen LogP contribution in [0.5, 0.6) is 0 Å². The van der Waals surface area contributed by atoms with Gasteiger partial charge in [0.05, 0.1) is 0 Å². The van der Waals surface area contributed by atoms with Crippen molar-refractivity contribution in [2.24, 2.45) is 5.92 Å². The minimum atomic E-state index is 0.886. The Morgan fingerprint density at radius 3 is 2.91 bits per heavy atom. The fourth-order valence-corrected chi connectivity index (χ4v) is 1.77. The van der Waals surface area contributed by atoms with Crippen LogP contribution in [0, 0.1) is 5.92 Å². The second-order valence-electron chi connectivity index (χ2n) is 3.13. The maximum absolute atomic E-state index is 2.33. The molecule has 1 rings (SSSR count). The van der Waals surface area contributed by atoms with Gasteiger partial charge in [-0.3, -0.25) is 0 Å². The Bertz CT molecular complexity index is 177. The first-order valence-electron chi connectivity index (χ1n) is 4.35. The molecular formula is C10H16S. The number of thiophene rings is 1. The normalized spacial score (nSPS) is 13.3. The minimum Gasteiger partial charge on any atom is -0.149 e. The Morgan fingerprint density at radius 1 is 1.55 bits per heavy atom. The lowest BCUT2D eigenvalue weighted by Crippen LogP contribution is -1.93. The van der Waals surface area contributed by atoms with Gasteiger partial charge in [-0.15, -0.1) is 11.3 Å². The van der Waals surface area contributed by atoms with Gasteiger partial charge in [-0.1, -0.05) is 26.3 Å². The summed E-state index contributed by atoms with van der Waals surface area (Å²) >= 11 is 1.88. The molecule has 0 saturated carbocycles. The van der Waals surface area contributed by atoms with Crippen molar-refractivity contribution in [3.05, 3.63) is 22.4 Å². The Labute approximate surface area is 73.3 Å². The molecule has 0 aromatic carbocycles. The zero-order valence-corrected chi connectivity index (χ0v) is 8.16. The third-order valence-corrected chi connectivity index (χ3v) is 3.10. The summed E-state index contributed by atoms with van der Waals surface area (Å²) in [4.78, 5) is 1.53. The number of hydrogen-bond donors (Lipinski definition) is 0. The van der Waals surface area contributed by atoms with E-state index < -0.39 is 0 Å². The maximum atomic E-state index is 2.33. The van der Waals surface area contributed by atoms with Crippen LogP contribution >= 0.6 is 11.3 Å². The standard InChI is InChI=1S/C10H16S/c1-3-9(2)6-7-10-5-4-8-11-10/h4-5,8-9H,3,6-7H2,1-2H3. The second-order valence-corrected chi connectivity index (χ2v) is 4.16. The molecule has 1 aromatic heterocycles. The highest BCUT2D eigenvalue weighted by Crippen LogP contribution is 2.15.